The molecular weight excluding hydrogens is 230 g/mol. The monoisotopic (exact) mass is 245 g/mol. The molecule has 18 heavy (non-hydrogen) atoms. The lowest BCUT2D eigenvalue weighted by Gasteiger charge is -2.16. The number of hydrogen-bond acceptors (Lipinski definition) is 4. The molecule has 1 amide bonds. The van der Waals surface area contributed by atoms with Gasteiger partial charge in [0.2, 0.25) is 0 Å². The largest absolute Gasteiger partial charge is 0.365 e. The number of nitrogens with two attached hydrogens (primary N) is 1. The van der Waals surface area contributed by atoms with E-state index in [1.54, 1.807) is 24.5 Å². The fraction of sp³-hybridized carbons (Fsp3) is 0.250. The first-order chi connectivity index (χ1) is 8.66. The molecule has 6 nitrogen and oxygen atoms in total. The molecule has 0 radical (unpaired) electrons. The Morgan fingerprint density at radius 3 is 3.00 bits per heavy atom. The Kier molecular flexibility index (Phi) is 3.57. The van der Waals surface area contributed by atoms with Gasteiger partial charge in [-0.05, 0) is 25.1 Å². The second-order valence-electron chi connectivity index (χ2n) is 4.04. The van der Waals surface area contributed by atoms with E-state index in [9.17, 15) is 4.79 Å². The molecule has 2 aromatic rings. The molecule has 0 aromatic carbocycles. The summed E-state index contributed by atoms with van der Waals surface area (Å²) in [7, 11) is 0. The van der Waals surface area contributed by atoms with Crippen molar-refractivity contribution in [3.8, 4) is 0 Å². The zero-order chi connectivity index (χ0) is 13.0. The van der Waals surface area contributed by atoms with Crippen LogP contribution in [-0.4, -0.2) is 26.7 Å². The van der Waals surface area contributed by atoms with Crippen LogP contribution in [0, 0.1) is 0 Å². The van der Waals surface area contributed by atoms with Crippen LogP contribution in [0.2, 0.25) is 0 Å². The van der Waals surface area contributed by atoms with Gasteiger partial charge in [-0.2, -0.15) is 5.10 Å². The van der Waals surface area contributed by atoms with E-state index in [-0.39, 0.29) is 6.04 Å². The van der Waals surface area contributed by atoms with E-state index in [2.05, 4.69) is 15.4 Å². The van der Waals surface area contributed by atoms with Gasteiger partial charge in [0.25, 0.3) is 5.91 Å². The molecule has 0 fully saturated rings. The van der Waals surface area contributed by atoms with Crippen molar-refractivity contribution < 1.29 is 4.79 Å². The van der Waals surface area contributed by atoms with Crippen LogP contribution in [0.4, 0.5) is 5.82 Å². The number of anilines is 1. The molecule has 0 aliphatic rings. The van der Waals surface area contributed by atoms with Crippen LogP contribution in [-0.2, 0) is 6.54 Å². The van der Waals surface area contributed by atoms with Crippen molar-refractivity contribution >= 4 is 11.7 Å². The number of primary amides is 1. The molecule has 0 aliphatic carbocycles. The molecule has 0 saturated carbocycles. The molecule has 6 heteroatoms. The Hall–Kier alpha value is -2.37. The highest BCUT2D eigenvalue weighted by Gasteiger charge is 2.11. The number of carbonyl (C=O) groups excluding carboxylic acids is 1. The van der Waals surface area contributed by atoms with Gasteiger partial charge in [-0.25, -0.2) is 4.98 Å². The fourth-order valence-electron chi connectivity index (χ4n) is 1.69. The van der Waals surface area contributed by atoms with E-state index >= 15 is 0 Å². The fourth-order valence-corrected chi connectivity index (χ4v) is 1.69. The lowest BCUT2D eigenvalue weighted by molar-refractivity contribution is 0.100. The zero-order valence-corrected chi connectivity index (χ0v) is 10.1. The minimum atomic E-state index is -0.489. The lowest BCUT2D eigenvalue weighted by Crippen LogP contribution is -2.25. The minimum absolute atomic E-state index is 0.0814. The number of nitrogens with one attached hydrogen (secondary N) is 1. The van der Waals surface area contributed by atoms with Crippen LogP contribution in [0.25, 0.3) is 0 Å². The molecule has 3 N–H and O–H groups in total. The van der Waals surface area contributed by atoms with Crippen molar-refractivity contribution in [3.63, 3.8) is 0 Å². The Bertz CT molecular complexity index is 523. The molecule has 1 atom stereocenters. The third-order valence-electron chi connectivity index (χ3n) is 2.48. The first kappa shape index (κ1) is 12.1. The van der Waals surface area contributed by atoms with Crippen molar-refractivity contribution in [1.29, 1.82) is 0 Å². The summed E-state index contributed by atoms with van der Waals surface area (Å²) in [6.45, 7) is 2.67. The topological polar surface area (TPSA) is 85.8 Å². The van der Waals surface area contributed by atoms with Crippen LogP contribution in [0.15, 0.2) is 36.8 Å². The van der Waals surface area contributed by atoms with Crippen molar-refractivity contribution in [2.75, 3.05) is 5.32 Å². The SMILES string of the molecule is CC(Cn1cccn1)Nc1ncccc1C(N)=O. The van der Waals surface area contributed by atoms with Crippen LogP contribution >= 0.6 is 0 Å². The zero-order valence-electron chi connectivity index (χ0n) is 10.1. The van der Waals surface area contributed by atoms with Crippen LogP contribution < -0.4 is 11.1 Å². The van der Waals surface area contributed by atoms with Gasteiger partial charge in [0.15, 0.2) is 0 Å². The third-order valence-corrected chi connectivity index (χ3v) is 2.48. The highest BCUT2D eigenvalue weighted by Crippen LogP contribution is 2.12. The Morgan fingerprint density at radius 1 is 1.50 bits per heavy atom. The first-order valence-electron chi connectivity index (χ1n) is 5.65. The van der Waals surface area contributed by atoms with Gasteiger partial charge < -0.3 is 11.1 Å². The highest BCUT2D eigenvalue weighted by atomic mass is 16.1. The number of rotatable bonds is 5. The van der Waals surface area contributed by atoms with Gasteiger partial charge in [0.1, 0.15) is 5.82 Å². The van der Waals surface area contributed by atoms with Crippen molar-refractivity contribution in [1.82, 2.24) is 14.8 Å². The maximum Gasteiger partial charge on any atom is 0.252 e. The predicted molar refractivity (Wildman–Crippen MR) is 68.1 cm³/mol. The summed E-state index contributed by atoms with van der Waals surface area (Å²) in [5.74, 6) is 0.0153. The van der Waals surface area contributed by atoms with Gasteiger partial charge in [-0.15, -0.1) is 0 Å². The molecule has 2 rings (SSSR count). The number of nitrogens with zero attached hydrogens (tertiary/aromatic N) is 3. The molecule has 0 aliphatic heterocycles. The summed E-state index contributed by atoms with van der Waals surface area (Å²) in [5, 5.41) is 7.28. The number of pyridine rings is 1. The standard InChI is InChI=1S/C12H15N5O/c1-9(8-17-7-3-6-15-17)16-12-10(11(13)18)4-2-5-14-12/h2-7,9H,8H2,1H3,(H2,13,18)(H,14,16). The molecule has 1 unspecified atom stereocenters. The Morgan fingerprint density at radius 2 is 2.33 bits per heavy atom. The van der Waals surface area contributed by atoms with Gasteiger partial charge in [0.05, 0.1) is 12.1 Å². The average Bonchev–Trinajstić information content (AvgIpc) is 2.82. The van der Waals surface area contributed by atoms with Crippen molar-refractivity contribution in [2.45, 2.75) is 19.5 Å². The molecule has 2 aromatic heterocycles. The maximum absolute atomic E-state index is 11.2. The van der Waals surface area contributed by atoms with Crippen LogP contribution in [0.3, 0.4) is 0 Å². The summed E-state index contributed by atoms with van der Waals surface area (Å²) in [4.78, 5) is 15.4. The summed E-state index contributed by atoms with van der Waals surface area (Å²) >= 11 is 0. The van der Waals surface area contributed by atoms with Gasteiger partial charge in [-0.1, -0.05) is 0 Å². The number of amides is 1. The number of hydrogen-bond donors (Lipinski definition) is 2. The highest BCUT2D eigenvalue weighted by molar-refractivity contribution is 5.97. The quantitative estimate of drug-likeness (QED) is 0.818. The van der Waals surface area contributed by atoms with E-state index in [1.165, 1.54) is 0 Å². The van der Waals surface area contributed by atoms with Gasteiger partial charge in [-0.3, -0.25) is 9.48 Å². The maximum atomic E-state index is 11.2. The van der Waals surface area contributed by atoms with E-state index in [1.807, 2.05) is 23.9 Å². The normalized spacial score (nSPS) is 12.1. The number of carbonyl (C=O) groups is 1. The van der Waals surface area contributed by atoms with Gasteiger partial charge >= 0.3 is 0 Å². The summed E-state index contributed by atoms with van der Waals surface area (Å²) in [5.41, 5.74) is 5.68. The van der Waals surface area contributed by atoms with Crippen molar-refractivity contribution in [3.05, 3.63) is 42.4 Å². The summed E-state index contributed by atoms with van der Waals surface area (Å²) in [6.07, 6.45) is 5.23. The van der Waals surface area contributed by atoms with Crippen LogP contribution in [0.1, 0.15) is 17.3 Å². The molecular formula is C12H15N5O. The number of aromatic nitrogens is 3. The molecule has 94 valence electrons. The first-order valence-corrected chi connectivity index (χ1v) is 5.65. The molecule has 0 bridgehead atoms. The molecule has 2 heterocycles. The lowest BCUT2D eigenvalue weighted by atomic mass is 10.2. The smallest absolute Gasteiger partial charge is 0.252 e. The summed E-state index contributed by atoms with van der Waals surface area (Å²) < 4.78 is 1.81. The van der Waals surface area contributed by atoms with E-state index in [4.69, 9.17) is 5.73 Å². The van der Waals surface area contributed by atoms with Crippen LogP contribution in [0.5, 0.6) is 0 Å². The molecule has 0 saturated heterocycles. The van der Waals surface area contributed by atoms with E-state index < -0.39 is 5.91 Å². The predicted octanol–water partition coefficient (Wildman–Crippen LogP) is 0.878. The Labute approximate surface area is 105 Å². The Balaban J connectivity index is 2.07. The van der Waals surface area contributed by atoms with Gasteiger partial charge in [0, 0.05) is 24.6 Å². The second-order valence-corrected chi connectivity index (χ2v) is 4.04. The van der Waals surface area contributed by atoms with Crippen molar-refractivity contribution in [2.24, 2.45) is 5.73 Å². The average molecular weight is 245 g/mol. The minimum Gasteiger partial charge on any atom is -0.365 e. The third kappa shape index (κ3) is 2.85. The van der Waals surface area contributed by atoms with E-state index in [0.29, 0.717) is 17.9 Å². The van der Waals surface area contributed by atoms with E-state index in [0.717, 1.165) is 0 Å². The molecule has 0 spiro atoms. The summed E-state index contributed by atoms with van der Waals surface area (Å²) in [6, 6.07) is 5.28. The second kappa shape index (κ2) is 5.31.